The van der Waals surface area contributed by atoms with Crippen molar-refractivity contribution < 1.29 is 0 Å². The zero-order chi connectivity index (χ0) is 12.9. The summed E-state index contributed by atoms with van der Waals surface area (Å²) in [5.74, 6) is 0.798. The zero-order valence-electron chi connectivity index (χ0n) is 11.6. The highest BCUT2D eigenvalue weighted by atomic mass is 15.2. The minimum atomic E-state index is 0.123. The third-order valence-corrected chi connectivity index (χ3v) is 2.41. The molecule has 1 rings (SSSR count). The molecule has 0 radical (unpaired) electrons. The monoisotopic (exact) mass is 236 g/mol. The predicted molar refractivity (Wildman–Crippen MR) is 72.2 cm³/mol. The van der Waals surface area contributed by atoms with Crippen LogP contribution in [-0.2, 0) is 6.54 Å². The third-order valence-electron chi connectivity index (χ3n) is 2.41. The highest BCUT2D eigenvalue weighted by molar-refractivity contribution is 5.28. The highest BCUT2D eigenvalue weighted by Crippen LogP contribution is 2.07. The van der Waals surface area contributed by atoms with Gasteiger partial charge in [-0.05, 0) is 27.2 Å². The van der Waals surface area contributed by atoms with Crippen molar-refractivity contribution in [2.45, 2.75) is 46.2 Å². The van der Waals surface area contributed by atoms with Gasteiger partial charge in [0.05, 0.1) is 0 Å². The van der Waals surface area contributed by atoms with Gasteiger partial charge in [-0.2, -0.15) is 0 Å². The first kappa shape index (κ1) is 13.9. The molecule has 0 aliphatic heterocycles. The second kappa shape index (κ2) is 5.96. The maximum Gasteiger partial charge on any atom is 0.224 e. The van der Waals surface area contributed by atoms with Gasteiger partial charge in [0.2, 0.25) is 5.95 Å². The number of aromatic nitrogens is 2. The van der Waals surface area contributed by atoms with Crippen molar-refractivity contribution in [2.24, 2.45) is 0 Å². The molecular formula is C13H24N4. The Balaban J connectivity index is 2.56. The lowest BCUT2D eigenvalue weighted by atomic mass is 10.1. The van der Waals surface area contributed by atoms with Gasteiger partial charge in [0, 0.05) is 43.6 Å². The van der Waals surface area contributed by atoms with Crippen LogP contribution in [0.25, 0.3) is 0 Å². The Labute approximate surface area is 104 Å². The molecular weight excluding hydrogens is 212 g/mol. The summed E-state index contributed by atoms with van der Waals surface area (Å²) >= 11 is 0. The minimum Gasteiger partial charge on any atom is -0.344 e. The summed E-state index contributed by atoms with van der Waals surface area (Å²) < 4.78 is 0. The Morgan fingerprint density at radius 2 is 1.82 bits per heavy atom. The van der Waals surface area contributed by atoms with Crippen LogP contribution in [0.1, 0.15) is 39.7 Å². The molecule has 0 aliphatic carbocycles. The normalized spacial score (nSPS) is 11.6. The highest BCUT2D eigenvalue weighted by Gasteiger charge is 2.09. The van der Waals surface area contributed by atoms with E-state index >= 15 is 0 Å². The van der Waals surface area contributed by atoms with E-state index in [0.717, 1.165) is 31.0 Å². The van der Waals surface area contributed by atoms with Gasteiger partial charge in [-0.15, -0.1) is 0 Å². The van der Waals surface area contributed by atoms with Gasteiger partial charge in [0.1, 0.15) is 0 Å². The summed E-state index contributed by atoms with van der Waals surface area (Å²) in [5, 5.41) is 3.42. The second-order valence-electron chi connectivity index (χ2n) is 5.42. The summed E-state index contributed by atoms with van der Waals surface area (Å²) in [7, 11) is 2.02. The van der Waals surface area contributed by atoms with E-state index in [9.17, 15) is 0 Å². The minimum absolute atomic E-state index is 0.123. The van der Waals surface area contributed by atoms with Crippen molar-refractivity contribution in [2.75, 3.05) is 18.5 Å². The molecule has 1 aromatic rings. The molecule has 0 saturated carbocycles. The summed E-state index contributed by atoms with van der Waals surface area (Å²) in [4.78, 5) is 10.8. The lowest BCUT2D eigenvalue weighted by Crippen LogP contribution is -2.35. The van der Waals surface area contributed by atoms with E-state index in [0.29, 0.717) is 0 Å². The summed E-state index contributed by atoms with van der Waals surface area (Å²) in [5.41, 5.74) is 1.24. The molecule has 1 N–H and O–H groups in total. The Hall–Kier alpha value is -1.16. The van der Waals surface area contributed by atoms with Gasteiger partial charge in [-0.25, -0.2) is 9.97 Å². The second-order valence-corrected chi connectivity index (χ2v) is 5.42. The molecule has 0 atom stereocenters. The number of hydrogen-bond acceptors (Lipinski definition) is 4. The van der Waals surface area contributed by atoms with Crippen LogP contribution in [0.4, 0.5) is 5.95 Å². The van der Waals surface area contributed by atoms with Gasteiger partial charge in [0.15, 0.2) is 0 Å². The van der Waals surface area contributed by atoms with Crippen LogP contribution < -0.4 is 10.2 Å². The molecule has 4 heteroatoms. The summed E-state index contributed by atoms with van der Waals surface area (Å²) in [6.45, 7) is 10.4. The molecule has 0 fully saturated rings. The van der Waals surface area contributed by atoms with E-state index < -0.39 is 0 Å². The molecule has 0 amide bonds. The molecule has 0 bridgehead atoms. The first-order valence-corrected chi connectivity index (χ1v) is 6.19. The first-order valence-electron chi connectivity index (χ1n) is 6.19. The van der Waals surface area contributed by atoms with E-state index in [-0.39, 0.29) is 5.54 Å². The third kappa shape index (κ3) is 5.13. The molecule has 1 aromatic heterocycles. The van der Waals surface area contributed by atoms with E-state index in [1.807, 2.05) is 19.4 Å². The number of nitrogens with one attached hydrogen (secondary N) is 1. The Bertz CT molecular complexity index is 326. The Morgan fingerprint density at radius 1 is 1.24 bits per heavy atom. The summed E-state index contributed by atoms with van der Waals surface area (Å²) in [6, 6.07) is 0. The lowest BCUT2D eigenvalue weighted by molar-refractivity contribution is 0.423. The van der Waals surface area contributed by atoms with Crippen molar-refractivity contribution in [1.29, 1.82) is 0 Å². The molecule has 0 spiro atoms. The van der Waals surface area contributed by atoms with Gasteiger partial charge >= 0.3 is 0 Å². The lowest BCUT2D eigenvalue weighted by Gasteiger charge is -2.20. The fourth-order valence-corrected chi connectivity index (χ4v) is 1.44. The molecule has 0 aliphatic rings. The zero-order valence-corrected chi connectivity index (χ0v) is 11.6. The maximum atomic E-state index is 4.37. The summed E-state index contributed by atoms with van der Waals surface area (Å²) in [6.07, 6.45) is 4.90. The van der Waals surface area contributed by atoms with Crippen molar-refractivity contribution in [1.82, 2.24) is 15.3 Å². The Kier molecular flexibility index (Phi) is 4.87. The van der Waals surface area contributed by atoms with Gasteiger partial charge in [0.25, 0.3) is 0 Å². The molecule has 0 aromatic carbocycles. The van der Waals surface area contributed by atoms with Gasteiger partial charge in [-0.1, -0.05) is 6.92 Å². The molecule has 17 heavy (non-hydrogen) atoms. The molecule has 1 heterocycles. The van der Waals surface area contributed by atoms with Crippen LogP contribution in [0.5, 0.6) is 0 Å². The average Bonchev–Trinajstić information content (AvgIpc) is 2.26. The van der Waals surface area contributed by atoms with E-state index in [4.69, 9.17) is 0 Å². The smallest absolute Gasteiger partial charge is 0.224 e. The van der Waals surface area contributed by atoms with E-state index in [1.54, 1.807) is 0 Å². The van der Waals surface area contributed by atoms with Crippen LogP contribution in [0.2, 0.25) is 0 Å². The predicted octanol–water partition coefficient (Wildman–Crippen LogP) is 2.21. The first-order chi connectivity index (χ1) is 7.92. The number of hydrogen-bond donors (Lipinski definition) is 1. The fraction of sp³-hybridized carbons (Fsp3) is 0.692. The van der Waals surface area contributed by atoms with Crippen molar-refractivity contribution in [3.8, 4) is 0 Å². The van der Waals surface area contributed by atoms with Crippen LogP contribution in [0, 0.1) is 0 Å². The number of anilines is 1. The number of nitrogens with zero attached hydrogens (tertiary/aromatic N) is 3. The Morgan fingerprint density at radius 3 is 2.29 bits per heavy atom. The van der Waals surface area contributed by atoms with Crippen LogP contribution in [0.3, 0.4) is 0 Å². The van der Waals surface area contributed by atoms with Gasteiger partial charge in [-0.3, -0.25) is 0 Å². The van der Waals surface area contributed by atoms with Crippen LogP contribution in [0.15, 0.2) is 12.4 Å². The standard InChI is InChI=1S/C13H24N4/c1-6-7-17(5)12-14-8-11(9-15-12)10-16-13(2,3)4/h8-9,16H,6-7,10H2,1-5H3. The van der Waals surface area contributed by atoms with E-state index in [1.165, 1.54) is 0 Å². The molecule has 96 valence electrons. The van der Waals surface area contributed by atoms with Crippen LogP contribution in [-0.4, -0.2) is 29.1 Å². The van der Waals surface area contributed by atoms with Crippen molar-refractivity contribution in [3.63, 3.8) is 0 Å². The molecule has 0 saturated heterocycles. The maximum absolute atomic E-state index is 4.37. The number of rotatable bonds is 5. The van der Waals surface area contributed by atoms with E-state index in [2.05, 4.69) is 47.9 Å². The largest absolute Gasteiger partial charge is 0.344 e. The van der Waals surface area contributed by atoms with Crippen molar-refractivity contribution in [3.05, 3.63) is 18.0 Å². The van der Waals surface area contributed by atoms with Crippen LogP contribution >= 0.6 is 0 Å². The quantitative estimate of drug-likeness (QED) is 0.851. The molecule has 0 unspecified atom stereocenters. The average molecular weight is 236 g/mol. The van der Waals surface area contributed by atoms with Crippen molar-refractivity contribution >= 4 is 5.95 Å². The SMILES string of the molecule is CCCN(C)c1ncc(CNC(C)(C)C)cn1. The van der Waals surface area contributed by atoms with Gasteiger partial charge < -0.3 is 10.2 Å². The fourth-order valence-electron chi connectivity index (χ4n) is 1.44. The topological polar surface area (TPSA) is 41.1 Å². The molecule has 4 nitrogen and oxygen atoms in total.